The Hall–Kier alpha value is -2.21. The first-order valence-corrected chi connectivity index (χ1v) is 8.08. The second kappa shape index (κ2) is 6.50. The third kappa shape index (κ3) is 3.12. The molecular weight excluding hydrogens is 290 g/mol. The Morgan fingerprint density at radius 2 is 1.87 bits per heavy atom. The Morgan fingerprint density at radius 1 is 1.22 bits per heavy atom. The fourth-order valence-electron chi connectivity index (χ4n) is 3.13. The molecule has 0 bridgehead atoms. The van der Waals surface area contributed by atoms with Gasteiger partial charge in [-0.3, -0.25) is 4.79 Å². The quantitative estimate of drug-likeness (QED) is 0.912. The van der Waals surface area contributed by atoms with Gasteiger partial charge >= 0.3 is 0 Å². The molecule has 0 aliphatic carbocycles. The van der Waals surface area contributed by atoms with E-state index in [0.717, 1.165) is 48.4 Å². The van der Waals surface area contributed by atoms with Gasteiger partial charge in [0.05, 0.1) is 11.7 Å². The van der Waals surface area contributed by atoms with Crippen molar-refractivity contribution in [3.63, 3.8) is 0 Å². The van der Waals surface area contributed by atoms with Crippen molar-refractivity contribution in [1.29, 1.82) is 0 Å². The van der Waals surface area contributed by atoms with Crippen LogP contribution in [0, 0.1) is 20.8 Å². The maximum Gasteiger partial charge on any atom is 0.278 e. The average Bonchev–Trinajstić information content (AvgIpc) is 2.93. The Kier molecular flexibility index (Phi) is 4.43. The van der Waals surface area contributed by atoms with Crippen LogP contribution in [0.5, 0.6) is 0 Å². The van der Waals surface area contributed by atoms with Gasteiger partial charge < -0.3 is 10.6 Å². The lowest BCUT2D eigenvalue weighted by molar-refractivity contribution is 0.102. The summed E-state index contributed by atoms with van der Waals surface area (Å²) in [5, 5.41) is 14.7. The molecule has 6 heteroatoms. The summed E-state index contributed by atoms with van der Waals surface area (Å²) in [6.45, 7) is 7.85. The molecule has 1 aromatic carbocycles. The van der Waals surface area contributed by atoms with Crippen molar-refractivity contribution in [3.8, 4) is 0 Å². The Balaban J connectivity index is 1.82. The van der Waals surface area contributed by atoms with E-state index < -0.39 is 0 Å². The van der Waals surface area contributed by atoms with Gasteiger partial charge in [-0.15, -0.1) is 5.10 Å². The van der Waals surface area contributed by atoms with Crippen LogP contribution in [0.1, 0.15) is 46.2 Å². The summed E-state index contributed by atoms with van der Waals surface area (Å²) in [7, 11) is 0. The normalized spacial score (nSPS) is 15.6. The van der Waals surface area contributed by atoms with Crippen LogP contribution < -0.4 is 10.6 Å². The Labute approximate surface area is 136 Å². The lowest BCUT2D eigenvalue weighted by Crippen LogP contribution is -2.30. The van der Waals surface area contributed by atoms with Crippen LogP contribution in [0.15, 0.2) is 18.2 Å². The van der Waals surface area contributed by atoms with Crippen LogP contribution in [0.3, 0.4) is 0 Å². The first-order chi connectivity index (χ1) is 11.1. The molecule has 1 saturated heterocycles. The van der Waals surface area contributed by atoms with Crippen molar-refractivity contribution in [1.82, 2.24) is 20.3 Å². The zero-order valence-electron chi connectivity index (χ0n) is 13.9. The van der Waals surface area contributed by atoms with E-state index in [0.29, 0.717) is 11.7 Å². The predicted molar refractivity (Wildman–Crippen MR) is 89.8 cm³/mol. The van der Waals surface area contributed by atoms with Gasteiger partial charge in [0.1, 0.15) is 0 Å². The number of nitrogens with zero attached hydrogens (tertiary/aromatic N) is 3. The molecule has 0 unspecified atom stereocenters. The second-order valence-corrected chi connectivity index (χ2v) is 6.17. The van der Waals surface area contributed by atoms with E-state index in [-0.39, 0.29) is 5.91 Å². The molecule has 0 spiro atoms. The standard InChI is InChI=1S/C17H23N5O/c1-11-5-4-6-12(2)15(11)19-17(23)16-13(3)22(21-20-16)14-7-9-18-10-8-14/h4-6,14,18H,7-10H2,1-3H3,(H,19,23). The first kappa shape index (κ1) is 15.7. The highest BCUT2D eigenvalue weighted by Gasteiger charge is 2.23. The maximum absolute atomic E-state index is 12.6. The van der Waals surface area contributed by atoms with Crippen LogP contribution in [-0.4, -0.2) is 34.0 Å². The minimum Gasteiger partial charge on any atom is -0.320 e. The number of benzene rings is 1. The fourth-order valence-corrected chi connectivity index (χ4v) is 3.13. The van der Waals surface area contributed by atoms with Crippen molar-refractivity contribution in [3.05, 3.63) is 40.7 Å². The zero-order chi connectivity index (χ0) is 16.4. The van der Waals surface area contributed by atoms with Crippen molar-refractivity contribution < 1.29 is 4.79 Å². The summed E-state index contributed by atoms with van der Waals surface area (Å²) in [5.41, 5.74) is 4.18. The Bertz CT molecular complexity index is 696. The summed E-state index contributed by atoms with van der Waals surface area (Å²) in [5.74, 6) is -0.194. The molecule has 1 aromatic heterocycles. The van der Waals surface area contributed by atoms with Crippen molar-refractivity contribution in [2.45, 2.75) is 39.7 Å². The van der Waals surface area contributed by atoms with Crippen LogP contribution in [0.25, 0.3) is 0 Å². The van der Waals surface area contributed by atoms with Gasteiger partial charge in [0.25, 0.3) is 5.91 Å². The molecular formula is C17H23N5O. The number of para-hydroxylation sites is 1. The lowest BCUT2D eigenvalue weighted by Gasteiger charge is -2.23. The number of aromatic nitrogens is 3. The number of hydrogen-bond acceptors (Lipinski definition) is 4. The van der Waals surface area contributed by atoms with Crippen molar-refractivity contribution >= 4 is 11.6 Å². The molecule has 23 heavy (non-hydrogen) atoms. The highest BCUT2D eigenvalue weighted by molar-refractivity contribution is 6.04. The van der Waals surface area contributed by atoms with Gasteiger partial charge in [-0.05, 0) is 57.8 Å². The van der Waals surface area contributed by atoms with Crippen LogP contribution in [0.4, 0.5) is 5.69 Å². The van der Waals surface area contributed by atoms with Crippen molar-refractivity contribution in [2.24, 2.45) is 0 Å². The maximum atomic E-state index is 12.6. The molecule has 1 amide bonds. The van der Waals surface area contributed by atoms with Crippen LogP contribution in [-0.2, 0) is 0 Å². The molecule has 0 saturated carbocycles. The van der Waals surface area contributed by atoms with Crippen molar-refractivity contribution in [2.75, 3.05) is 18.4 Å². The summed E-state index contributed by atoms with van der Waals surface area (Å²) in [4.78, 5) is 12.6. The molecule has 1 aliphatic heterocycles. The number of hydrogen-bond donors (Lipinski definition) is 2. The second-order valence-electron chi connectivity index (χ2n) is 6.17. The third-order valence-electron chi connectivity index (χ3n) is 4.52. The van der Waals surface area contributed by atoms with Gasteiger partial charge in [-0.1, -0.05) is 23.4 Å². The summed E-state index contributed by atoms with van der Waals surface area (Å²) >= 11 is 0. The number of carbonyl (C=O) groups excluding carboxylic acids is 1. The van der Waals surface area contributed by atoms with Gasteiger partial charge in [0.15, 0.2) is 5.69 Å². The zero-order valence-corrected chi connectivity index (χ0v) is 13.9. The van der Waals surface area contributed by atoms with E-state index in [4.69, 9.17) is 0 Å². The van der Waals surface area contributed by atoms with E-state index in [9.17, 15) is 4.79 Å². The number of anilines is 1. The number of piperidine rings is 1. The third-order valence-corrected chi connectivity index (χ3v) is 4.52. The average molecular weight is 313 g/mol. The van der Waals surface area contributed by atoms with Crippen LogP contribution >= 0.6 is 0 Å². The molecule has 2 heterocycles. The number of rotatable bonds is 3. The monoisotopic (exact) mass is 313 g/mol. The fraction of sp³-hybridized carbons (Fsp3) is 0.471. The molecule has 1 fully saturated rings. The van der Waals surface area contributed by atoms with Gasteiger partial charge in [0.2, 0.25) is 0 Å². The molecule has 6 nitrogen and oxygen atoms in total. The minimum atomic E-state index is -0.194. The molecule has 2 N–H and O–H groups in total. The van der Waals surface area contributed by atoms with Crippen LogP contribution in [0.2, 0.25) is 0 Å². The number of amides is 1. The number of aryl methyl sites for hydroxylation is 2. The summed E-state index contributed by atoms with van der Waals surface area (Å²) in [6, 6.07) is 6.28. The molecule has 1 aliphatic rings. The van der Waals surface area contributed by atoms with Gasteiger partial charge in [0, 0.05) is 5.69 Å². The van der Waals surface area contributed by atoms with E-state index in [1.807, 2.05) is 43.7 Å². The largest absolute Gasteiger partial charge is 0.320 e. The molecule has 3 rings (SSSR count). The molecule has 122 valence electrons. The predicted octanol–water partition coefficient (Wildman–Crippen LogP) is 2.38. The summed E-state index contributed by atoms with van der Waals surface area (Å²) < 4.78 is 1.90. The van der Waals surface area contributed by atoms with Gasteiger partial charge in [-0.25, -0.2) is 4.68 Å². The SMILES string of the molecule is Cc1cccc(C)c1NC(=O)c1nnn(C2CCNCC2)c1C. The first-order valence-electron chi connectivity index (χ1n) is 8.08. The minimum absolute atomic E-state index is 0.194. The van der Waals surface area contributed by atoms with E-state index in [2.05, 4.69) is 20.9 Å². The summed E-state index contributed by atoms with van der Waals surface area (Å²) in [6.07, 6.45) is 2.03. The lowest BCUT2D eigenvalue weighted by atomic mass is 10.1. The molecule has 2 aromatic rings. The smallest absolute Gasteiger partial charge is 0.278 e. The highest BCUT2D eigenvalue weighted by atomic mass is 16.2. The molecule has 0 atom stereocenters. The highest BCUT2D eigenvalue weighted by Crippen LogP contribution is 2.23. The van der Waals surface area contributed by atoms with Gasteiger partial charge in [-0.2, -0.15) is 0 Å². The number of carbonyl (C=O) groups is 1. The topological polar surface area (TPSA) is 71.8 Å². The molecule has 0 radical (unpaired) electrons. The van der Waals surface area contributed by atoms with E-state index in [1.165, 1.54) is 0 Å². The van der Waals surface area contributed by atoms with E-state index in [1.54, 1.807) is 0 Å². The Morgan fingerprint density at radius 3 is 2.52 bits per heavy atom. The number of nitrogens with one attached hydrogen (secondary N) is 2. The van der Waals surface area contributed by atoms with E-state index >= 15 is 0 Å².